The van der Waals surface area contributed by atoms with Crippen LogP contribution in [0.5, 0.6) is 0 Å². The molecule has 1 rings (SSSR count). The number of hydrogen-bond donors (Lipinski definition) is 1. The second-order valence-corrected chi connectivity index (χ2v) is 7.01. The van der Waals surface area contributed by atoms with Crippen LogP contribution in [0.1, 0.15) is 33.3 Å². The van der Waals surface area contributed by atoms with E-state index < -0.39 is 0 Å². The Hall–Kier alpha value is 0.01000. The van der Waals surface area contributed by atoms with Crippen molar-refractivity contribution in [1.29, 1.82) is 0 Å². The molecule has 0 saturated heterocycles. The SMILES string of the molecule is CCSc1cc(Br)ccc1CNC(C)(C)C. The molecule has 0 bridgehead atoms. The molecule has 1 aromatic rings. The van der Waals surface area contributed by atoms with E-state index in [1.165, 1.54) is 10.5 Å². The fourth-order valence-electron chi connectivity index (χ4n) is 1.32. The van der Waals surface area contributed by atoms with Crippen LogP contribution in [0.15, 0.2) is 27.6 Å². The summed E-state index contributed by atoms with van der Waals surface area (Å²) in [5.74, 6) is 1.11. The Balaban J connectivity index is 2.78. The van der Waals surface area contributed by atoms with Crippen molar-refractivity contribution in [3.05, 3.63) is 28.2 Å². The van der Waals surface area contributed by atoms with Crippen LogP contribution in [0.3, 0.4) is 0 Å². The molecule has 0 saturated carbocycles. The lowest BCUT2D eigenvalue weighted by Crippen LogP contribution is -2.35. The van der Waals surface area contributed by atoms with Gasteiger partial charge in [0.2, 0.25) is 0 Å². The number of hydrogen-bond acceptors (Lipinski definition) is 2. The van der Waals surface area contributed by atoms with Crippen LogP contribution < -0.4 is 5.32 Å². The zero-order chi connectivity index (χ0) is 12.2. The van der Waals surface area contributed by atoms with E-state index in [0.29, 0.717) is 0 Å². The van der Waals surface area contributed by atoms with Crippen molar-refractivity contribution in [2.45, 2.75) is 44.7 Å². The molecule has 0 fully saturated rings. The molecule has 90 valence electrons. The van der Waals surface area contributed by atoms with Gasteiger partial charge < -0.3 is 5.32 Å². The molecule has 1 aromatic carbocycles. The van der Waals surface area contributed by atoms with Crippen LogP contribution >= 0.6 is 27.7 Å². The third-order valence-corrected chi connectivity index (χ3v) is 3.61. The van der Waals surface area contributed by atoms with E-state index in [2.05, 4.69) is 67.1 Å². The highest BCUT2D eigenvalue weighted by atomic mass is 79.9. The monoisotopic (exact) mass is 301 g/mol. The number of thioether (sulfide) groups is 1. The molecule has 1 nitrogen and oxygen atoms in total. The van der Waals surface area contributed by atoms with Crippen molar-refractivity contribution in [3.63, 3.8) is 0 Å². The highest BCUT2D eigenvalue weighted by Gasteiger charge is 2.10. The predicted molar refractivity (Wildman–Crippen MR) is 77.1 cm³/mol. The van der Waals surface area contributed by atoms with E-state index in [1.54, 1.807) is 0 Å². The number of rotatable bonds is 4. The first-order valence-corrected chi connectivity index (χ1v) is 7.36. The van der Waals surface area contributed by atoms with Gasteiger partial charge in [0, 0.05) is 21.5 Å². The third kappa shape index (κ3) is 4.89. The first kappa shape index (κ1) is 14.1. The van der Waals surface area contributed by atoms with Gasteiger partial charge in [0.1, 0.15) is 0 Å². The summed E-state index contributed by atoms with van der Waals surface area (Å²) in [5, 5.41) is 3.53. The van der Waals surface area contributed by atoms with E-state index in [0.717, 1.165) is 16.8 Å². The molecule has 0 aliphatic rings. The van der Waals surface area contributed by atoms with Crippen LogP contribution in [-0.4, -0.2) is 11.3 Å². The number of halogens is 1. The Morgan fingerprint density at radius 1 is 1.31 bits per heavy atom. The van der Waals surface area contributed by atoms with Crippen LogP contribution in [0, 0.1) is 0 Å². The van der Waals surface area contributed by atoms with Gasteiger partial charge in [-0.15, -0.1) is 11.8 Å². The summed E-state index contributed by atoms with van der Waals surface area (Å²) in [5.41, 5.74) is 1.55. The number of nitrogens with one attached hydrogen (secondary N) is 1. The van der Waals surface area contributed by atoms with Crippen LogP contribution in [0.4, 0.5) is 0 Å². The quantitative estimate of drug-likeness (QED) is 0.825. The molecular weight excluding hydrogens is 282 g/mol. The highest BCUT2D eigenvalue weighted by Crippen LogP contribution is 2.26. The fraction of sp³-hybridized carbons (Fsp3) is 0.538. The molecule has 0 unspecified atom stereocenters. The molecule has 0 radical (unpaired) electrons. The summed E-state index contributed by atoms with van der Waals surface area (Å²) in [6, 6.07) is 6.51. The number of benzene rings is 1. The molecule has 0 atom stereocenters. The van der Waals surface area contributed by atoms with Gasteiger partial charge in [0.05, 0.1) is 0 Å². The topological polar surface area (TPSA) is 12.0 Å². The summed E-state index contributed by atoms with van der Waals surface area (Å²) in [4.78, 5) is 1.37. The normalized spacial score (nSPS) is 11.8. The van der Waals surface area contributed by atoms with Crippen molar-refractivity contribution in [1.82, 2.24) is 5.32 Å². The minimum absolute atomic E-state index is 0.168. The minimum Gasteiger partial charge on any atom is -0.308 e. The average Bonchev–Trinajstić information content (AvgIpc) is 2.15. The summed E-state index contributed by atoms with van der Waals surface area (Å²) >= 11 is 5.42. The Morgan fingerprint density at radius 2 is 2.00 bits per heavy atom. The maximum Gasteiger partial charge on any atom is 0.0221 e. The Bertz CT molecular complexity index is 344. The fourth-order valence-corrected chi connectivity index (χ4v) is 2.68. The van der Waals surface area contributed by atoms with Gasteiger partial charge in [-0.3, -0.25) is 0 Å². The van der Waals surface area contributed by atoms with E-state index in [1.807, 2.05) is 11.8 Å². The molecule has 16 heavy (non-hydrogen) atoms. The molecule has 0 aromatic heterocycles. The maximum absolute atomic E-state index is 3.53. The molecule has 0 heterocycles. The van der Waals surface area contributed by atoms with Crippen LogP contribution in [-0.2, 0) is 6.54 Å². The van der Waals surface area contributed by atoms with Crippen molar-refractivity contribution in [2.24, 2.45) is 0 Å². The van der Waals surface area contributed by atoms with Gasteiger partial charge in [-0.2, -0.15) is 0 Å². The molecule has 0 spiro atoms. The summed E-state index contributed by atoms with van der Waals surface area (Å²) in [6.07, 6.45) is 0. The van der Waals surface area contributed by atoms with Crippen molar-refractivity contribution >= 4 is 27.7 Å². The largest absolute Gasteiger partial charge is 0.308 e. The lowest BCUT2D eigenvalue weighted by atomic mass is 10.1. The minimum atomic E-state index is 0.168. The van der Waals surface area contributed by atoms with Gasteiger partial charge in [-0.05, 0) is 44.2 Å². The first-order valence-electron chi connectivity index (χ1n) is 5.58. The summed E-state index contributed by atoms with van der Waals surface area (Å²) in [6.45, 7) is 9.70. The van der Waals surface area contributed by atoms with Gasteiger partial charge in [0.15, 0.2) is 0 Å². The Kier molecular flexibility index (Phi) is 5.35. The van der Waals surface area contributed by atoms with E-state index >= 15 is 0 Å². The molecule has 0 amide bonds. The first-order chi connectivity index (χ1) is 7.42. The second kappa shape index (κ2) is 6.08. The molecule has 0 aliphatic carbocycles. The van der Waals surface area contributed by atoms with Gasteiger partial charge in [-0.25, -0.2) is 0 Å². The van der Waals surface area contributed by atoms with Gasteiger partial charge in [-0.1, -0.05) is 28.9 Å². The average molecular weight is 302 g/mol. The lowest BCUT2D eigenvalue weighted by Gasteiger charge is -2.21. The highest BCUT2D eigenvalue weighted by molar-refractivity contribution is 9.10. The molecule has 3 heteroatoms. The van der Waals surface area contributed by atoms with Crippen molar-refractivity contribution in [3.8, 4) is 0 Å². The predicted octanol–water partition coefficient (Wildman–Crippen LogP) is 4.45. The Morgan fingerprint density at radius 3 is 2.56 bits per heavy atom. The molecular formula is C13H20BrNS. The smallest absolute Gasteiger partial charge is 0.0221 e. The van der Waals surface area contributed by atoms with Crippen LogP contribution in [0.2, 0.25) is 0 Å². The third-order valence-electron chi connectivity index (χ3n) is 2.14. The second-order valence-electron chi connectivity index (χ2n) is 4.79. The van der Waals surface area contributed by atoms with Crippen molar-refractivity contribution < 1.29 is 0 Å². The summed E-state index contributed by atoms with van der Waals surface area (Å²) in [7, 11) is 0. The van der Waals surface area contributed by atoms with Gasteiger partial charge in [0.25, 0.3) is 0 Å². The van der Waals surface area contributed by atoms with Gasteiger partial charge >= 0.3 is 0 Å². The lowest BCUT2D eigenvalue weighted by molar-refractivity contribution is 0.422. The molecule has 0 aliphatic heterocycles. The van der Waals surface area contributed by atoms with E-state index in [4.69, 9.17) is 0 Å². The summed E-state index contributed by atoms with van der Waals surface area (Å²) < 4.78 is 1.16. The van der Waals surface area contributed by atoms with Crippen LogP contribution in [0.25, 0.3) is 0 Å². The maximum atomic E-state index is 3.53. The Labute approximate surface area is 112 Å². The zero-order valence-electron chi connectivity index (χ0n) is 10.4. The van der Waals surface area contributed by atoms with E-state index in [-0.39, 0.29) is 5.54 Å². The standard InChI is InChI=1S/C13H20BrNS/c1-5-16-12-8-11(14)7-6-10(12)9-15-13(2,3)4/h6-8,15H,5,9H2,1-4H3. The van der Waals surface area contributed by atoms with E-state index in [9.17, 15) is 0 Å². The zero-order valence-corrected chi connectivity index (χ0v) is 12.8. The van der Waals surface area contributed by atoms with Crippen molar-refractivity contribution in [2.75, 3.05) is 5.75 Å². The molecule has 1 N–H and O–H groups in total.